The SMILES string of the molecule is Cc1cc(CNC(=O)Cc2cccc(Cl)c2)c(C)n1C. The zero-order valence-corrected chi connectivity index (χ0v) is 12.8. The first kappa shape index (κ1) is 14.7. The first-order valence-electron chi connectivity index (χ1n) is 6.60. The van der Waals surface area contributed by atoms with Crippen molar-refractivity contribution in [2.75, 3.05) is 0 Å². The van der Waals surface area contributed by atoms with E-state index in [1.165, 1.54) is 11.4 Å². The maximum atomic E-state index is 11.9. The van der Waals surface area contributed by atoms with Gasteiger partial charge in [0.2, 0.25) is 5.91 Å². The third-order valence-corrected chi connectivity index (χ3v) is 3.84. The molecule has 0 radical (unpaired) electrons. The van der Waals surface area contributed by atoms with Crippen LogP contribution in [0.5, 0.6) is 0 Å². The lowest BCUT2D eigenvalue weighted by Crippen LogP contribution is -2.24. The van der Waals surface area contributed by atoms with Crippen LogP contribution in [0.1, 0.15) is 22.5 Å². The number of hydrogen-bond acceptors (Lipinski definition) is 1. The summed E-state index contributed by atoms with van der Waals surface area (Å²) >= 11 is 5.91. The molecule has 0 fully saturated rings. The van der Waals surface area contributed by atoms with Gasteiger partial charge >= 0.3 is 0 Å². The van der Waals surface area contributed by atoms with E-state index in [9.17, 15) is 4.79 Å². The summed E-state index contributed by atoms with van der Waals surface area (Å²) in [6.45, 7) is 4.68. The number of benzene rings is 1. The third kappa shape index (κ3) is 3.42. The van der Waals surface area contributed by atoms with E-state index in [0.29, 0.717) is 18.0 Å². The van der Waals surface area contributed by atoms with Crippen LogP contribution in [0.25, 0.3) is 0 Å². The van der Waals surface area contributed by atoms with E-state index in [4.69, 9.17) is 11.6 Å². The van der Waals surface area contributed by atoms with Gasteiger partial charge in [0.05, 0.1) is 6.42 Å². The first-order valence-corrected chi connectivity index (χ1v) is 6.98. The minimum atomic E-state index is 0.00757. The predicted octanol–water partition coefficient (Wildman–Crippen LogP) is 3.15. The molecule has 0 saturated heterocycles. The summed E-state index contributed by atoms with van der Waals surface area (Å²) in [7, 11) is 2.03. The Hall–Kier alpha value is -1.74. The summed E-state index contributed by atoms with van der Waals surface area (Å²) in [6.07, 6.45) is 0.353. The molecule has 0 unspecified atom stereocenters. The van der Waals surface area contributed by atoms with Gasteiger partial charge in [0.15, 0.2) is 0 Å². The fourth-order valence-electron chi connectivity index (χ4n) is 2.20. The quantitative estimate of drug-likeness (QED) is 0.922. The van der Waals surface area contributed by atoms with Gasteiger partial charge in [-0.15, -0.1) is 0 Å². The number of halogens is 1. The Morgan fingerprint density at radius 2 is 2.05 bits per heavy atom. The Kier molecular flexibility index (Phi) is 4.50. The molecule has 1 aromatic heterocycles. The van der Waals surface area contributed by atoms with E-state index in [0.717, 1.165) is 11.1 Å². The normalized spacial score (nSPS) is 10.6. The molecule has 0 saturated carbocycles. The molecule has 0 atom stereocenters. The Labute approximate surface area is 124 Å². The number of nitrogens with zero attached hydrogens (tertiary/aromatic N) is 1. The van der Waals surface area contributed by atoms with Crippen LogP contribution < -0.4 is 5.32 Å². The van der Waals surface area contributed by atoms with Crippen molar-refractivity contribution in [1.29, 1.82) is 0 Å². The number of aryl methyl sites for hydroxylation is 1. The fourth-order valence-corrected chi connectivity index (χ4v) is 2.41. The predicted molar refractivity (Wildman–Crippen MR) is 81.9 cm³/mol. The van der Waals surface area contributed by atoms with Crippen LogP contribution in [0, 0.1) is 13.8 Å². The van der Waals surface area contributed by atoms with Crippen molar-refractivity contribution in [1.82, 2.24) is 9.88 Å². The average molecular weight is 291 g/mol. The summed E-state index contributed by atoms with van der Waals surface area (Å²) in [4.78, 5) is 11.9. The number of rotatable bonds is 4. The van der Waals surface area contributed by atoms with E-state index in [1.54, 1.807) is 6.07 Å². The van der Waals surface area contributed by atoms with Gasteiger partial charge in [0.1, 0.15) is 0 Å². The summed E-state index contributed by atoms with van der Waals surface area (Å²) < 4.78 is 2.12. The average Bonchev–Trinajstić information content (AvgIpc) is 2.64. The first-order chi connectivity index (χ1) is 9.47. The van der Waals surface area contributed by atoms with E-state index < -0.39 is 0 Å². The van der Waals surface area contributed by atoms with E-state index in [2.05, 4.69) is 29.8 Å². The van der Waals surface area contributed by atoms with Crippen LogP contribution in [0.2, 0.25) is 5.02 Å². The minimum absolute atomic E-state index is 0.00757. The zero-order valence-electron chi connectivity index (χ0n) is 12.0. The van der Waals surface area contributed by atoms with Crippen molar-refractivity contribution in [2.45, 2.75) is 26.8 Å². The molecule has 1 amide bonds. The molecule has 1 heterocycles. The molecule has 2 aromatic rings. The molecular weight excluding hydrogens is 272 g/mol. The van der Waals surface area contributed by atoms with E-state index in [-0.39, 0.29) is 5.91 Å². The van der Waals surface area contributed by atoms with Gasteiger partial charge in [-0.1, -0.05) is 23.7 Å². The second kappa shape index (κ2) is 6.14. The molecule has 0 spiro atoms. The van der Waals surface area contributed by atoms with Crippen molar-refractivity contribution in [3.63, 3.8) is 0 Å². The summed E-state index contributed by atoms with van der Waals surface area (Å²) in [5.74, 6) is 0.00757. The van der Waals surface area contributed by atoms with Gasteiger partial charge < -0.3 is 9.88 Å². The topological polar surface area (TPSA) is 34.0 Å². The van der Waals surface area contributed by atoms with Crippen molar-refractivity contribution in [3.05, 3.63) is 57.9 Å². The highest BCUT2D eigenvalue weighted by Crippen LogP contribution is 2.13. The second-order valence-electron chi connectivity index (χ2n) is 5.04. The van der Waals surface area contributed by atoms with Gasteiger partial charge in [-0.3, -0.25) is 4.79 Å². The standard InChI is InChI=1S/C16H19ClN2O/c1-11-7-14(12(2)19(11)3)10-18-16(20)9-13-5-4-6-15(17)8-13/h4-8H,9-10H2,1-3H3,(H,18,20). The van der Waals surface area contributed by atoms with Crippen molar-refractivity contribution >= 4 is 17.5 Å². The molecule has 3 nitrogen and oxygen atoms in total. The van der Waals surface area contributed by atoms with Crippen LogP contribution in [0.3, 0.4) is 0 Å². The lowest BCUT2D eigenvalue weighted by atomic mass is 10.1. The van der Waals surface area contributed by atoms with Crippen molar-refractivity contribution < 1.29 is 4.79 Å². The van der Waals surface area contributed by atoms with Gasteiger partial charge in [0, 0.05) is 30.0 Å². The van der Waals surface area contributed by atoms with Crippen LogP contribution >= 0.6 is 11.6 Å². The van der Waals surface area contributed by atoms with Crippen LogP contribution in [0.4, 0.5) is 0 Å². The van der Waals surface area contributed by atoms with Gasteiger partial charge in [0.25, 0.3) is 0 Å². The van der Waals surface area contributed by atoms with Gasteiger partial charge in [-0.05, 0) is 43.2 Å². The largest absolute Gasteiger partial charge is 0.352 e. The number of aromatic nitrogens is 1. The smallest absolute Gasteiger partial charge is 0.224 e. The van der Waals surface area contributed by atoms with E-state index in [1.807, 2.05) is 25.2 Å². The molecule has 20 heavy (non-hydrogen) atoms. The van der Waals surface area contributed by atoms with Crippen molar-refractivity contribution in [2.24, 2.45) is 7.05 Å². The monoisotopic (exact) mass is 290 g/mol. The Balaban J connectivity index is 1.94. The van der Waals surface area contributed by atoms with Crippen molar-refractivity contribution in [3.8, 4) is 0 Å². The van der Waals surface area contributed by atoms with Gasteiger partial charge in [-0.25, -0.2) is 0 Å². The molecule has 0 aliphatic heterocycles. The van der Waals surface area contributed by atoms with Crippen LogP contribution in [0.15, 0.2) is 30.3 Å². The summed E-state index contributed by atoms with van der Waals surface area (Å²) in [5, 5.41) is 3.61. The number of hydrogen-bond donors (Lipinski definition) is 1. The summed E-state index contributed by atoms with van der Waals surface area (Å²) in [6, 6.07) is 9.49. The maximum absolute atomic E-state index is 11.9. The highest BCUT2D eigenvalue weighted by Gasteiger charge is 2.08. The lowest BCUT2D eigenvalue weighted by Gasteiger charge is -2.06. The molecule has 106 valence electrons. The highest BCUT2D eigenvalue weighted by molar-refractivity contribution is 6.30. The molecule has 1 aromatic carbocycles. The number of amides is 1. The molecule has 0 aliphatic rings. The lowest BCUT2D eigenvalue weighted by molar-refractivity contribution is -0.120. The maximum Gasteiger partial charge on any atom is 0.224 e. The molecule has 4 heteroatoms. The van der Waals surface area contributed by atoms with Gasteiger partial charge in [-0.2, -0.15) is 0 Å². The molecule has 0 aliphatic carbocycles. The fraction of sp³-hybridized carbons (Fsp3) is 0.312. The summed E-state index contributed by atoms with van der Waals surface area (Å²) in [5.41, 5.74) is 4.47. The Bertz CT molecular complexity index is 631. The molecule has 0 bridgehead atoms. The van der Waals surface area contributed by atoms with Crippen LogP contribution in [-0.4, -0.2) is 10.5 Å². The van der Waals surface area contributed by atoms with E-state index >= 15 is 0 Å². The number of carbonyl (C=O) groups is 1. The number of nitrogens with one attached hydrogen (secondary N) is 1. The highest BCUT2D eigenvalue weighted by atomic mass is 35.5. The Morgan fingerprint density at radius 3 is 2.65 bits per heavy atom. The third-order valence-electron chi connectivity index (χ3n) is 3.61. The molecular formula is C16H19ClN2O. The van der Waals surface area contributed by atoms with Crippen LogP contribution in [-0.2, 0) is 24.8 Å². The minimum Gasteiger partial charge on any atom is -0.352 e. The zero-order chi connectivity index (χ0) is 14.7. The molecule has 2 rings (SSSR count). The molecule has 1 N–H and O–H groups in total. The number of carbonyl (C=O) groups excluding carboxylic acids is 1. The second-order valence-corrected chi connectivity index (χ2v) is 5.48. The Morgan fingerprint density at radius 1 is 1.30 bits per heavy atom.